The van der Waals surface area contributed by atoms with Crippen LogP contribution in [0.5, 0.6) is 0 Å². The van der Waals surface area contributed by atoms with Gasteiger partial charge in [0.15, 0.2) is 0 Å². The number of anilines is 1. The highest BCUT2D eigenvalue weighted by atomic mass is 32.1. The van der Waals surface area contributed by atoms with E-state index in [1.165, 1.54) is 70.6 Å². The molecule has 0 spiro atoms. The van der Waals surface area contributed by atoms with E-state index >= 15 is 0 Å². The van der Waals surface area contributed by atoms with Crippen molar-refractivity contribution >= 4 is 56.6 Å². The second kappa shape index (κ2) is 41.0. The molecule has 0 aliphatic heterocycles. The van der Waals surface area contributed by atoms with Gasteiger partial charge in [-0.05, 0) is 81.7 Å². The molecule has 0 aliphatic rings. The highest BCUT2D eigenvalue weighted by Gasteiger charge is 2.22. The van der Waals surface area contributed by atoms with Gasteiger partial charge in [0.25, 0.3) is 0 Å². The van der Waals surface area contributed by atoms with Crippen LogP contribution in [-0.4, -0.2) is 100 Å². The van der Waals surface area contributed by atoms with E-state index < -0.39 is 35.7 Å². The molecule has 0 radical (unpaired) electrons. The number of allylic oxidation sites excluding steroid dienone is 4. The molecule has 1 aromatic carbocycles. The van der Waals surface area contributed by atoms with E-state index in [4.69, 9.17) is 30.3 Å². The normalized spacial score (nSPS) is 12.3. The monoisotopic (exact) mass is 1030 g/mol. The number of carbonyl (C=O) groups excluding carboxylic acids is 2. The van der Waals surface area contributed by atoms with Crippen molar-refractivity contribution in [3.63, 3.8) is 0 Å². The summed E-state index contributed by atoms with van der Waals surface area (Å²) in [6, 6.07) is 7.78. The van der Waals surface area contributed by atoms with Crippen molar-refractivity contribution in [2.75, 3.05) is 70.8 Å². The molecule has 2 rings (SSSR count). The van der Waals surface area contributed by atoms with Crippen LogP contribution >= 0.6 is 11.3 Å². The van der Waals surface area contributed by atoms with Gasteiger partial charge in [0.2, 0.25) is 5.00 Å². The van der Waals surface area contributed by atoms with E-state index in [-0.39, 0.29) is 71.9 Å². The highest BCUT2D eigenvalue weighted by Crippen LogP contribution is 2.41. The van der Waals surface area contributed by atoms with Gasteiger partial charge in [-0.25, -0.2) is 4.85 Å². The van der Waals surface area contributed by atoms with E-state index in [0.29, 0.717) is 46.5 Å². The summed E-state index contributed by atoms with van der Waals surface area (Å²) in [5.41, 5.74) is 3.18. The number of azo groups is 1. The van der Waals surface area contributed by atoms with Crippen molar-refractivity contribution in [2.24, 2.45) is 22.1 Å². The maximum absolute atomic E-state index is 12.5. The number of hydrogen-bond donors (Lipinski definition) is 2. The Kier molecular flexibility index (Phi) is 35.7. The summed E-state index contributed by atoms with van der Waals surface area (Å²) in [7, 11) is 0. The number of carboxylic acid groups (broad SMARTS) is 2. The molecule has 17 heteroatoms. The van der Waals surface area contributed by atoms with E-state index in [1.807, 2.05) is 49.4 Å². The van der Waals surface area contributed by atoms with Crippen molar-refractivity contribution in [2.45, 2.75) is 156 Å². The number of esters is 2. The van der Waals surface area contributed by atoms with Crippen LogP contribution < -0.4 is 4.90 Å². The summed E-state index contributed by atoms with van der Waals surface area (Å²) in [6.45, 7) is 17.7. The van der Waals surface area contributed by atoms with Gasteiger partial charge in [-0.15, -0.1) is 21.6 Å². The van der Waals surface area contributed by atoms with Gasteiger partial charge in [0.05, 0.1) is 82.1 Å². The van der Waals surface area contributed by atoms with Crippen LogP contribution in [-0.2, 0) is 42.9 Å². The number of ether oxygens (including phenoxy) is 5. The Morgan fingerprint density at radius 2 is 1.15 bits per heavy atom. The molecule has 1 heterocycles. The van der Waals surface area contributed by atoms with Crippen molar-refractivity contribution in [3.05, 3.63) is 70.6 Å². The molecular formula is C56H83N5O11S. The van der Waals surface area contributed by atoms with E-state index in [9.17, 15) is 34.7 Å². The van der Waals surface area contributed by atoms with Crippen LogP contribution in [0.1, 0.15) is 159 Å². The number of unbranched alkanes of at least 4 members (excludes halogenated alkanes) is 14. The summed E-state index contributed by atoms with van der Waals surface area (Å²) in [5.74, 6) is -4.94. The molecule has 0 amide bonds. The number of carbonyl (C=O) groups is 4. The number of aryl methyl sites for hydroxylation is 1. The standard InChI is InChI=1S/C56H83N5O11S/c1-6-8-10-12-14-16-18-20-22-24-26-46(55(64)65)41-51(62)71-38-36-69-33-31-61(48-28-29-50(44(3)40-48)59-60-54-49(43-57)45(4)53(58-5)73-54)30-32-68-34-35-70-37-39-72-52(63)42-47(56(66)67)27-25-23-21-19-17-15-13-11-9-7-2/h22-25,28-29,40,46-47H,6-21,26-27,30-39,41-42H2,1-4H3,(H,64,65)(H,66,67)/b24-22+,25-23+,60-59?. The first-order chi connectivity index (χ1) is 35.4. The Morgan fingerprint density at radius 1 is 0.685 bits per heavy atom. The molecule has 16 nitrogen and oxygen atoms in total. The molecule has 404 valence electrons. The molecule has 2 unspecified atom stereocenters. The summed E-state index contributed by atoms with van der Waals surface area (Å²) in [5, 5.41) is 38.4. The van der Waals surface area contributed by atoms with Gasteiger partial charge in [-0.1, -0.05) is 115 Å². The van der Waals surface area contributed by atoms with Gasteiger partial charge in [0, 0.05) is 18.8 Å². The van der Waals surface area contributed by atoms with Gasteiger partial charge < -0.3 is 38.8 Å². The number of thiophene rings is 1. The fourth-order valence-electron chi connectivity index (χ4n) is 7.67. The third kappa shape index (κ3) is 29.1. The Labute approximate surface area is 439 Å². The minimum absolute atomic E-state index is 0.00443. The van der Waals surface area contributed by atoms with E-state index in [2.05, 4.69) is 39.9 Å². The molecule has 1 aromatic heterocycles. The van der Waals surface area contributed by atoms with Gasteiger partial charge in [-0.2, -0.15) is 5.26 Å². The van der Waals surface area contributed by atoms with Crippen LogP contribution in [0, 0.1) is 43.6 Å². The molecule has 2 atom stereocenters. The van der Waals surface area contributed by atoms with Crippen molar-refractivity contribution < 1.29 is 53.1 Å². The van der Waals surface area contributed by atoms with Gasteiger partial charge in [-0.3, -0.25) is 19.2 Å². The minimum atomic E-state index is -1.03. The average molecular weight is 1030 g/mol. The largest absolute Gasteiger partial charge is 0.481 e. The number of rotatable bonds is 44. The average Bonchev–Trinajstić information content (AvgIpc) is 3.69. The Balaban J connectivity index is 1.84. The maximum atomic E-state index is 12.5. The molecule has 2 aromatic rings. The topological polar surface area (TPSA) is 211 Å². The zero-order valence-electron chi connectivity index (χ0n) is 44.1. The Hall–Kier alpha value is -5.46. The summed E-state index contributed by atoms with van der Waals surface area (Å²) in [6.07, 6.45) is 26.6. The van der Waals surface area contributed by atoms with Crippen LogP contribution in [0.25, 0.3) is 4.85 Å². The lowest BCUT2D eigenvalue weighted by atomic mass is 10.0. The SMILES string of the molecule is [C-]#[N+]c1sc(N=Nc2ccc(N(CCOCCOCCOC(=O)CC(C/C=C/CCCCCCCCC)C(=O)O)CCOCCOC(=O)CC(C/C=C/CCCCCCCCC)C(=O)O)cc2C)c(C#N)c1C. The summed E-state index contributed by atoms with van der Waals surface area (Å²) in [4.78, 5) is 54.1. The number of nitriles is 1. The van der Waals surface area contributed by atoms with Crippen molar-refractivity contribution in [1.82, 2.24) is 0 Å². The highest BCUT2D eigenvalue weighted by molar-refractivity contribution is 7.20. The first-order valence-electron chi connectivity index (χ1n) is 26.4. The lowest BCUT2D eigenvalue weighted by molar-refractivity contribution is -0.152. The number of aliphatic carboxylic acids is 2. The minimum Gasteiger partial charge on any atom is -0.481 e. The fraction of sp³-hybridized carbons (Fsp3) is 0.643. The predicted molar refractivity (Wildman–Crippen MR) is 286 cm³/mol. The van der Waals surface area contributed by atoms with Crippen LogP contribution in [0.4, 0.5) is 21.4 Å². The smallest absolute Gasteiger partial charge is 0.307 e. The zero-order chi connectivity index (χ0) is 53.3. The lowest BCUT2D eigenvalue weighted by Gasteiger charge is -2.25. The molecule has 0 aliphatic carbocycles. The number of carboxylic acids is 2. The van der Waals surface area contributed by atoms with Gasteiger partial charge in [0.1, 0.15) is 24.3 Å². The second-order valence-corrected chi connectivity index (χ2v) is 19.1. The maximum Gasteiger partial charge on any atom is 0.307 e. The van der Waals surface area contributed by atoms with Crippen LogP contribution in [0.2, 0.25) is 0 Å². The lowest BCUT2D eigenvalue weighted by Crippen LogP contribution is -2.31. The van der Waals surface area contributed by atoms with Crippen LogP contribution in [0.15, 0.2) is 52.7 Å². The number of hydrogen-bond acceptors (Lipinski definition) is 14. The zero-order valence-corrected chi connectivity index (χ0v) is 44.9. The molecule has 0 saturated carbocycles. The molecule has 0 bridgehead atoms. The second-order valence-electron chi connectivity index (χ2n) is 18.1. The quantitative estimate of drug-likeness (QED) is 0.0208. The molecule has 0 saturated heterocycles. The summed E-state index contributed by atoms with van der Waals surface area (Å²) >= 11 is 1.12. The fourth-order valence-corrected chi connectivity index (χ4v) is 8.54. The molecule has 2 N–H and O–H groups in total. The van der Waals surface area contributed by atoms with E-state index in [1.54, 1.807) is 6.92 Å². The number of nitrogens with zero attached hydrogens (tertiary/aromatic N) is 5. The third-order valence-corrected chi connectivity index (χ3v) is 13.2. The van der Waals surface area contributed by atoms with Crippen molar-refractivity contribution in [1.29, 1.82) is 5.26 Å². The Bertz CT molecular complexity index is 2070. The van der Waals surface area contributed by atoms with Gasteiger partial charge >= 0.3 is 23.9 Å². The Morgan fingerprint density at radius 3 is 1.60 bits per heavy atom. The summed E-state index contributed by atoms with van der Waals surface area (Å²) < 4.78 is 27.9. The third-order valence-electron chi connectivity index (χ3n) is 12.1. The molecule has 73 heavy (non-hydrogen) atoms. The number of benzene rings is 1. The molecular weight excluding hydrogens is 951 g/mol. The molecule has 0 fully saturated rings. The van der Waals surface area contributed by atoms with Crippen LogP contribution in [0.3, 0.4) is 0 Å². The predicted octanol–water partition coefficient (Wildman–Crippen LogP) is 13.5. The first kappa shape index (κ1) is 63.7. The first-order valence-corrected chi connectivity index (χ1v) is 27.2. The van der Waals surface area contributed by atoms with E-state index in [0.717, 1.165) is 54.7 Å². The van der Waals surface area contributed by atoms with Crippen molar-refractivity contribution in [3.8, 4) is 6.07 Å².